The number of nitro groups is 4. The van der Waals surface area contributed by atoms with E-state index in [1.165, 1.54) is 0 Å². The van der Waals surface area contributed by atoms with Gasteiger partial charge in [-0.2, -0.15) is 0 Å². The highest BCUT2D eigenvalue weighted by Crippen LogP contribution is 2.32. The average Bonchev–Trinajstić information content (AvgIpc) is 3.30. The summed E-state index contributed by atoms with van der Waals surface area (Å²) in [6, 6.07) is 0. The van der Waals surface area contributed by atoms with E-state index in [-0.39, 0.29) is 9.58 Å². The molecule has 0 aliphatic heterocycles. The van der Waals surface area contributed by atoms with Crippen LogP contribution in [0.4, 0.5) is 11.4 Å². The molecule has 0 spiro atoms. The van der Waals surface area contributed by atoms with E-state index in [9.17, 15) is 40.5 Å². The zero-order chi connectivity index (χ0) is 19.9. The summed E-state index contributed by atoms with van der Waals surface area (Å²) in [5, 5.41) is 54.6. The highest BCUT2D eigenvalue weighted by Gasteiger charge is 2.37. The molecule has 0 bridgehead atoms. The van der Waals surface area contributed by atoms with E-state index in [4.69, 9.17) is 4.42 Å². The highest BCUT2D eigenvalue weighted by molar-refractivity contribution is 5.65. The molecule has 3 rings (SSSR count). The van der Waals surface area contributed by atoms with Crippen molar-refractivity contribution in [1.29, 1.82) is 0 Å². The molecule has 138 valence electrons. The van der Waals surface area contributed by atoms with Crippen LogP contribution in [0.1, 0.15) is 0 Å². The van der Waals surface area contributed by atoms with E-state index in [0.29, 0.717) is 12.4 Å². The maximum Gasteiger partial charge on any atom is 0.352 e. The molecule has 3 aromatic rings. The highest BCUT2D eigenvalue weighted by atomic mass is 16.7. The Morgan fingerprint density at radius 2 is 1.11 bits per heavy atom. The zero-order valence-corrected chi connectivity index (χ0v) is 12.3. The largest absolute Gasteiger partial charge is 0.409 e. The van der Waals surface area contributed by atoms with Gasteiger partial charge in [-0.15, -0.1) is 10.2 Å². The monoisotopic (exact) mass is 382 g/mol. The molecule has 0 saturated carbocycles. The van der Waals surface area contributed by atoms with Gasteiger partial charge in [-0.05, 0) is 0 Å². The molecular formula is C8H2N10O9. The quantitative estimate of drug-likeness (QED) is 0.392. The predicted octanol–water partition coefficient (Wildman–Crippen LogP) is -0.307. The summed E-state index contributed by atoms with van der Waals surface area (Å²) in [6.07, 6.45) is 0.951. The summed E-state index contributed by atoms with van der Waals surface area (Å²) in [6.45, 7) is 0. The number of nitrogens with zero attached hydrogens (tertiary/aromatic N) is 10. The molecule has 0 aromatic carbocycles. The van der Waals surface area contributed by atoms with Crippen molar-refractivity contribution in [2.24, 2.45) is 0 Å². The summed E-state index contributed by atoms with van der Waals surface area (Å²) >= 11 is 0. The van der Waals surface area contributed by atoms with Gasteiger partial charge < -0.3 is 24.6 Å². The van der Waals surface area contributed by atoms with Gasteiger partial charge >= 0.3 is 34.5 Å². The first-order chi connectivity index (χ1) is 12.7. The third-order valence-corrected chi connectivity index (χ3v) is 2.92. The molecule has 19 nitrogen and oxygen atoms in total. The molecule has 19 heteroatoms. The summed E-state index contributed by atoms with van der Waals surface area (Å²) < 4.78 is 5.00. The van der Waals surface area contributed by atoms with Crippen LogP contribution < -0.4 is 0 Å². The Labute approximate surface area is 143 Å². The Morgan fingerprint density at radius 3 is 1.41 bits per heavy atom. The molecule has 0 N–H and O–H groups in total. The lowest BCUT2D eigenvalue weighted by Gasteiger charge is -1.86. The molecule has 0 unspecified atom stereocenters. The molecule has 3 aromatic heterocycles. The minimum atomic E-state index is -1.07. The van der Waals surface area contributed by atoms with Crippen LogP contribution in [0.3, 0.4) is 0 Å². The lowest BCUT2D eigenvalue weighted by molar-refractivity contribution is -0.553. The third-order valence-electron chi connectivity index (χ3n) is 2.92. The first-order valence-electron chi connectivity index (χ1n) is 6.30. The topological polar surface area (TPSA) is 247 Å². The Hall–Kier alpha value is -4.84. The second-order valence-corrected chi connectivity index (χ2v) is 4.47. The fourth-order valence-electron chi connectivity index (χ4n) is 1.86. The number of rotatable bonds is 6. The Morgan fingerprint density at radius 1 is 0.741 bits per heavy atom. The third kappa shape index (κ3) is 2.86. The van der Waals surface area contributed by atoms with E-state index < -0.39 is 54.5 Å². The lowest BCUT2D eigenvalue weighted by atomic mass is 10.3. The first kappa shape index (κ1) is 17.0. The minimum Gasteiger partial charge on any atom is -0.409 e. The number of aromatic nitrogens is 6. The molecule has 0 fully saturated rings. The van der Waals surface area contributed by atoms with Crippen LogP contribution in [0.25, 0.3) is 23.2 Å². The van der Waals surface area contributed by atoms with Crippen molar-refractivity contribution < 1.29 is 24.3 Å². The van der Waals surface area contributed by atoms with Crippen molar-refractivity contribution in [3.8, 4) is 23.2 Å². The molecular weight excluding hydrogens is 380 g/mol. The van der Waals surface area contributed by atoms with Gasteiger partial charge in [0, 0.05) is 9.58 Å². The van der Waals surface area contributed by atoms with Gasteiger partial charge in [0.15, 0.2) is 12.4 Å². The summed E-state index contributed by atoms with van der Waals surface area (Å²) in [5.41, 5.74) is -3.09. The average molecular weight is 382 g/mol. The van der Waals surface area contributed by atoms with Crippen molar-refractivity contribution in [3.05, 3.63) is 52.9 Å². The lowest BCUT2D eigenvalue weighted by Crippen LogP contribution is -2.08. The van der Waals surface area contributed by atoms with Crippen molar-refractivity contribution in [1.82, 2.24) is 30.0 Å². The van der Waals surface area contributed by atoms with Gasteiger partial charge in [-0.1, -0.05) is 0 Å². The number of hydrogen-bond donors (Lipinski definition) is 0. The molecule has 0 amide bonds. The molecule has 0 aliphatic carbocycles. The molecule has 0 aliphatic rings. The molecule has 0 radical (unpaired) electrons. The fourth-order valence-corrected chi connectivity index (χ4v) is 1.86. The van der Waals surface area contributed by atoms with Crippen molar-refractivity contribution in [3.63, 3.8) is 0 Å². The molecule has 0 saturated heterocycles. The van der Waals surface area contributed by atoms with E-state index in [0.717, 1.165) is 0 Å². The standard InChI is InChI=1S/C8H2N10O9/c19-15(20)3-1-13(17(23)24)11-5(3)7-9-10-8(27-7)6-4(16(21)22)2-14(12-6)18(25)26/h1-2H. The second-order valence-electron chi connectivity index (χ2n) is 4.47. The van der Waals surface area contributed by atoms with Gasteiger partial charge in [0.25, 0.3) is 0 Å². The van der Waals surface area contributed by atoms with Crippen molar-refractivity contribution in [2.45, 2.75) is 0 Å². The zero-order valence-electron chi connectivity index (χ0n) is 12.3. The second kappa shape index (κ2) is 5.91. The Bertz CT molecular complexity index is 1020. The van der Waals surface area contributed by atoms with Crippen molar-refractivity contribution in [2.75, 3.05) is 0 Å². The van der Waals surface area contributed by atoms with E-state index in [1.807, 2.05) is 0 Å². The van der Waals surface area contributed by atoms with Gasteiger partial charge in [0.05, 0.1) is 30.1 Å². The Kier molecular flexibility index (Phi) is 3.72. The normalized spacial score (nSPS) is 10.7. The van der Waals surface area contributed by atoms with Crippen LogP contribution in [0.15, 0.2) is 16.8 Å². The van der Waals surface area contributed by atoms with E-state index >= 15 is 0 Å². The van der Waals surface area contributed by atoms with Gasteiger partial charge in [0.1, 0.15) is 0 Å². The molecule has 0 atom stereocenters. The molecule has 27 heavy (non-hydrogen) atoms. The van der Waals surface area contributed by atoms with Gasteiger partial charge in [-0.25, -0.2) is 0 Å². The van der Waals surface area contributed by atoms with Crippen LogP contribution in [0.5, 0.6) is 0 Å². The Balaban J connectivity index is 2.11. The predicted molar refractivity (Wildman–Crippen MR) is 74.8 cm³/mol. The maximum atomic E-state index is 11.0. The first-order valence-corrected chi connectivity index (χ1v) is 6.30. The van der Waals surface area contributed by atoms with Crippen LogP contribution >= 0.6 is 0 Å². The van der Waals surface area contributed by atoms with Crippen LogP contribution in [0.2, 0.25) is 0 Å². The van der Waals surface area contributed by atoms with E-state index in [1.54, 1.807) is 0 Å². The summed E-state index contributed by atoms with van der Waals surface area (Å²) in [5.74, 6) is -1.38. The summed E-state index contributed by atoms with van der Waals surface area (Å²) in [4.78, 5) is 41.4. The van der Waals surface area contributed by atoms with Crippen LogP contribution in [0, 0.1) is 40.5 Å². The maximum absolute atomic E-state index is 11.0. The van der Waals surface area contributed by atoms with Crippen LogP contribution in [-0.2, 0) is 0 Å². The van der Waals surface area contributed by atoms with Crippen molar-refractivity contribution >= 4 is 11.4 Å². The summed E-state index contributed by atoms with van der Waals surface area (Å²) in [7, 11) is 0. The fraction of sp³-hybridized carbons (Fsp3) is 0. The minimum absolute atomic E-state index is 0.0290. The molecule has 3 heterocycles. The van der Waals surface area contributed by atoms with Gasteiger partial charge in [-0.3, -0.25) is 20.2 Å². The number of hydrogen-bond acceptors (Lipinski definition) is 13. The SMILES string of the molecule is O=[N+]([O-])c1cn([N+](=O)[O-])nc1-c1nnc(-c2nn([N+](=O)[O-])cc2[N+](=O)[O-])o1. The van der Waals surface area contributed by atoms with Gasteiger partial charge in [0.2, 0.25) is 0 Å². The smallest absolute Gasteiger partial charge is 0.352 e. The van der Waals surface area contributed by atoms with Crippen LogP contribution in [-0.4, -0.2) is 49.9 Å². The van der Waals surface area contributed by atoms with E-state index in [2.05, 4.69) is 20.4 Å².